The predicted octanol–water partition coefficient (Wildman–Crippen LogP) is -1.21. The summed E-state index contributed by atoms with van der Waals surface area (Å²) in [5.41, 5.74) is -0.985. The first-order valence-electron chi connectivity index (χ1n) is 13.3. The number of aromatic hydroxyl groups is 3. The first-order valence-corrected chi connectivity index (χ1v) is 13.3. The van der Waals surface area contributed by atoms with Crippen LogP contribution in [-0.4, -0.2) is 115 Å². The summed E-state index contributed by atoms with van der Waals surface area (Å²) in [6.45, 7) is 0.119. The molecule has 2 aliphatic heterocycles. The van der Waals surface area contributed by atoms with Crippen LogP contribution in [0, 0.1) is 0 Å². The highest BCUT2D eigenvalue weighted by Gasteiger charge is 2.47. The average molecular weight is 623 g/mol. The molecule has 9 atom stereocenters. The number of carbonyl (C=O) groups excluding carboxylic acids is 1. The van der Waals surface area contributed by atoms with E-state index in [4.69, 9.17) is 28.1 Å². The van der Waals surface area contributed by atoms with Crippen LogP contribution in [0.15, 0.2) is 45.6 Å². The summed E-state index contributed by atoms with van der Waals surface area (Å²) in [5, 5.41) is 82.0. The minimum Gasteiger partial charge on any atom is -0.508 e. The lowest BCUT2D eigenvalue weighted by atomic mass is 9.99. The number of phenolic OH excluding ortho intramolecular Hbond substituents is 3. The highest BCUT2D eigenvalue weighted by molar-refractivity contribution is 5.88. The molecule has 0 radical (unpaired) electrons. The maximum absolute atomic E-state index is 13.6. The van der Waals surface area contributed by atoms with Crippen LogP contribution in [0.25, 0.3) is 22.3 Å². The number of phenols is 3. The fourth-order valence-corrected chi connectivity index (χ4v) is 4.89. The van der Waals surface area contributed by atoms with E-state index in [0.717, 1.165) is 19.1 Å². The molecular weight excluding hydrogens is 592 g/mol. The van der Waals surface area contributed by atoms with E-state index in [9.17, 15) is 50.4 Å². The first-order chi connectivity index (χ1) is 20.8. The lowest BCUT2D eigenvalue weighted by Crippen LogP contribution is -2.61. The lowest BCUT2D eigenvalue weighted by molar-refractivity contribution is -0.308. The van der Waals surface area contributed by atoms with Gasteiger partial charge in [0.15, 0.2) is 18.2 Å². The predicted molar refractivity (Wildman–Crippen MR) is 143 cm³/mol. The molecule has 0 amide bonds. The Balaban J connectivity index is 1.43. The van der Waals surface area contributed by atoms with Crippen molar-refractivity contribution >= 4 is 16.9 Å². The summed E-state index contributed by atoms with van der Waals surface area (Å²) in [6.07, 6.45) is -14.7. The molecular formula is C28H30O16. The Morgan fingerprint density at radius 2 is 1.61 bits per heavy atom. The van der Waals surface area contributed by atoms with Gasteiger partial charge in [0, 0.05) is 24.6 Å². The smallest absolute Gasteiger partial charge is 0.303 e. The molecule has 0 spiro atoms. The third-order valence-electron chi connectivity index (χ3n) is 7.10. The molecule has 8 N–H and O–H groups in total. The number of fused-ring (bicyclic) bond motifs is 1. The maximum Gasteiger partial charge on any atom is 0.303 e. The Morgan fingerprint density at radius 1 is 0.909 bits per heavy atom. The third-order valence-corrected chi connectivity index (χ3v) is 7.10. The molecule has 2 aromatic carbocycles. The van der Waals surface area contributed by atoms with Gasteiger partial charge in [-0.25, -0.2) is 0 Å². The topological polar surface area (TPSA) is 255 Å². The number of esters is 1. The van der Waals surface area contributed by atoms with Crippen LogP contribution in [0.1, 0.15) is 6.92 Å². The summed E-state index contributed by atoms with van der Waals surface area (Å²) in [5.74, 6) is -2.79. The molecule has 0 aliphatic carbocycles. The van der Waals surface area contributed by atoms with Gasteiger partial charge >= 0.3 is 5.97 Å². The quantitative estimate of drug-likeness (QED) is 0.144. The van der Waals surface area contributed by atoms with Gasteiger partial charge in [0.05, 0.1) is 13.2 Å². The van der Waals surface area contributed by atoms with Crippen molar-refractivity contribution in [3.63, 3.8) is 0 Å². The number of carbonyl (C=O) groups is 1. The van der Waals surface area contributed by atoms with Gasteiger partial charge in [0.2, 0.25) is 17.5 Å². The van der Waals surface area contributed by atoms with Gasteiger partial charge in [-0.3, -0.25) is 9.59 Å². The molecule has 16 nitrogen and oxygen atoms in total. The van der Waals surface area contributed by atoms with E-state index in [0.29, 0.717) is 0 Å². The van der Waals surface area contributed by atoms with E-state index >= 15 is 0 Å². The molecule has 1 aromatic heterocycles. The molecule has 9 unspecified atom stereocenters. The molecule has 0 saturated carbocycles. The molecule has 3 aromatic rings. The highest BCUT2D eigenvalue weighted by Crippen LogP contribution is 2.37. The van der Waals surface area contributed by atoms with Gasteiger partial charge < -0.3 is 69.0 Å². The Morgan fingerprint density at radius 3 is 2.30 bits per heavy atom. The van der Waals surface area contributed by atoms with Crippen LogP contribution < -0.4 is 10.2 Å². The largest absolute Gasteiger partial charge is 0.508 e. The van der Waals surface area contributed by atoms with Crippen molar-refractivity contribution < 1.29 is 73.7 Å². The number of aliphatic hydroxyl groups excluding tert-OH is 5. The van der Waals surface area contributed by atoms with E-state index in [1.165, 1.54) is 24.3 Å². The van der Waals surface area contributed by atoms with Crippen LogP contribution >= 0.6 is 0 Å². The maximum atomic E-state index is 13.6. The van der Waals surface area contributed by atoms with Gasteiger partial charge in [-0.15, -0.1) is 0 Å². The lowest BCUT2D eigenvalue weighted by Gasteiger charge is -2.41. The van der Waals surface area contributed by atoms with Crippen molar-refractivity contribution in [1.29, 1.82) is 0 Å². The Labute approximate surface area is 247 Å². The van der Waals surface area contributed by atoms with Crippen LogP contribution in [0.3, 0.4) is 0 Å². The van der Waals surface area contributed by atoms with E-state index in [2.05, 4.69) is 0 Å². The molecule has 2 saturated heterocycles. The van der Waals surface area contributed by atoms with E-state index in [1.54, 1.807) is 0 Å². The van der Waals surface area contributed by atoms with Gasteiger partial charge in [0.1, 0.15) is 64.8 Å². The second-order valence-electron chi connectivity index (χ2n) is 10.3. The standard InChI is InChI=1S/C28H30O16/c1-10(29)41-25-15(33)8-39-27(23(25)38)40-9-17-19(34)21(36)22(37)28(43-17)44-26-20(35)18-14(32)6-13(31)7-16(18)42-24(26)11-2-4-12(30)5-3-11/h2-7,15,17,19,21-23,25,27-28,30-34,36-38H,8-9H2,1H3. The van der Waals surface area contributed by atoms with Crippen molar-refractivity contribution in [2.45, 2.75) is 62.2 Å². The van der Waals surface area contributed by atoms with Crippen molar-refractivity contribution in [2.24, 2.45) is 0 Å². The van der Waals surface area contributed by atoms with E-state index < -0.39 is 90.6 Å². The fourth-order valence-electron chi connectivity index (χ4n) is 4.89. The molecule has 2 aliphatic rings. The van der Waals surface area contributed by atoms with Gasteiger partial charge in [-0.1, -0.05) is 0 Å². The summed E-state index contributed by atoms with van der Waals surface area (Å²) in [4.78, 5) is 24.9. The summed E-state index contributed by atoms with van der Waals surface area (Å²) >= 11 is 0. The number of ether oxygens (including phenoxy) is 5. The van der Waals surface area contributed by atoms with Crippen LogP contribution in [0.4, 0.5) is 0 Å². The fraction of sp³-hybridized carbons (Fsp3) is 0.429. The zero-order chi connectivity index (χ0) is 31.9. The number of benzene rings is 2. The van der Waals surface area contributed by atoms with E-state index in [-0.39, 0.29) is 34.6 Å². The molecule has 0 bridgehead atoms. The van der Waals surface area contributed by atoms with Crippen molar-refractivity contribution in [3.8, 4) is 34.3 Å². The van der Waals surface area contributed by atoms with Crippen molar-refractivity contribution in [3.05, 3.63) is 46.6 Å². The number of rotatable bonds is 7. The second kappa shape index (κ2) is 12.5. The summed E-state index contributed by atoms with van der Waals surface area (Å²) in [7, 11) is 0. The number of hydrogen-bond donors (Lipinski definition) is 8. The Hall–Kier alpha value is -4.00. The monoisotopic (exact) mass is 622 g/mol. The Bertz CT molecular complexity index is 1550. The molecule has 238 valence electrons. The SMILES string of the molecule is CC(=O)OC1C(O)COC(OCC2OC(Oc3c(-c4ccc(O)cc4)oc4cc(O)cc(O)c4c3=O)C(O)C(O)C2O)C1O. The van der Waals surface area contributed by atoms with Crippen LogP contribution in [-0.2, 0) is 23.7 Å². The molecule has 5 rings (SSSR count). The zero-order valence-corrected chi connectivity index (χ0v) is 22.9. The van der Waals surface area contributed by atoms with Gasteiger partial charge in [-0.05, 0) is 24.3 Å². The highest BCUT2D eigenvalue weighted by atomic mass is 16.7. The normalized spacial score (nSPS) is 30.6. The van der Waals surface area contributed by atoms with Crippen LogP contribution in [0.2, 0.25) is 0 Å². The summed E-state index contributed by atoms with van der Waals surface area (Å²) in [6, 6.07) is 7.30. The van der Waals surface area contributed by atoms with Gasteiger partial charge in [-0.2, -0.15) is 0 Å². The minimum absolute atomic E-state index is 0.110. The molecule has 44 heavy (non-hydrogen) atoms. The number of hydrogen-bond acceptors (Lipinski definition) is 16. The Kier molecular flexibility index (Phi) is 8.96. The number of aliphatic hydroxyl groups is 5. The second-order valence-corrected chi connectivity index (χ2v) is 10.3. The third kappa shape index (κ3) is 6.15. The first kappa shape index (κ1) is 31.4. The molecule has 3 heterocycles. The zero-order valence-electron chi connectivity index (χ0n) is 22.9. The average Bonchev–Trinajstić information content (AvgIpc) is 2.96. The van der Waals surface area contributed by atoms with Crippen LogP contribution in [0.5, 0.6) is 23.0 Å². The molecule has 16 heteroatoms. The van der Waals surface area contributed by atoms with Crippen molar-refractivity contribution in [1.82, 2.24) is 0 Å². The van der Waals surface area contributed by atoms with Gasteiger partial charge in [0.25, 0.3) is 0 Å². The van der Waals surface area contributed by atoms with Crippen molar-refractivity contribution in [2.75, 3.05) is 13.2 Å². The summed E-state index contributed by atoms with van der Waals surface area (Å²) < 4.78 is 32.8. The van der Waals surface area contributed by atoms with E-state index in [1.807, 2.05) is 0 Å². The molecule has 2 fully saturated rings. The minimum atomic E-state index is -1.93.